The van der Waals surface area contributed by atoms with Crippen LogP contribution >= 0.6 is 23.2 Å². The van der Waals surface area contributed by atoms with Crippen molar-refractivity contribution in [2.45, 2.75) is 37.8 Å². The van der Waals surface area contributed by atoms with Crippen LogP contribution in [-0.4, -0.2) is 44.3 Å². The Balaban J connectivity index is 1.81. The SMILES string of the molecule is CCNC(=O)C(Cc1ccccc1)N(Cc1ccc(C)cc1)C(=O)CN(c1cc(Cl)ccc1Cl)S(=O)(=O)c1ccccc1. The number of likely N-dealkylation sites (N-methyl/N-ethyl adjacent to an activating group) is 1. The van der Waals surface area contributed by atoms with Gasteiger partial charge in [-0.25, -0.2) is 8.42 Å². The number of nitrogens with one attached hydrogen (secondary N) is 1. The Bertz CT molecular complexity index is 1650. The zero-order chi connectivity index (χ0) is 31.0. The Morgan fingerprint density at radius 3 is 2.09 bits per heavy atom. The lowest BCUT2D eigenvalue weighted by atomic mass is 10.0. The van der Waals surface area contributed by atoms with Gasteiger partial charge in [-0.1, -0.05) is 102 Å². The minimum absolute atomic E-state index is 0.0199. The lowest BCUT2D eigenvalue weighted by Gasteiger charge is -2.34. The van der Waals surface area contributed by atoms with Crippen LogP contribution in [0.25, 0.3) is 0 Å². The van der Waals surface area contributed by atoms with Crippen molar-refractivity contribution in [1.82, 2.24) is 10.2 Å². The predicted molar refractivity (Wildman–Crippen MR) is 172 cm³/mol. The molecular weight excluding hydrogens is 605 g/mol. The quantitative estimate of drug-likeness (QED) is 0.198. The Labute approximate surface area is 263 Å². The number of amides is 2. The Morgan fingerprint density at radius 2 is 1.47 bits per heavy atom. The summed E-state index contributed by atoms with van der Waals surface area (Å²) in [5.41, 5.74) is 2.74. The second-order valence-corrected chi connectivity index (χ2v) is 12.7. The molecule has 224 valence electrons. The molecule has 0 fully saturated rings. The van der Waals surface area contributed by atoms with Gasteiger partial charge in [-0.2, -0.15) is 0 Å². The van der Waals surface area contributed by atoms with Crippen molar-refractivity contribution in [2.75, 3.05) is 17.4 Å². The second kappa shape index (κ2) is 14.6. The number of hydrogen-bond acceptors (Lipinski definition) is 4. The van der Waals surface area contributed by atoms with Gasteiger partial charge in [0.25, 0.3) is 10.0 Å². The van der Waals surface area contributed by atoms with Crippen LogP contribution in [0.4, 0.5) is 5.69 Å². The van der Waals surface area contributed by atoms with E-state index in [1.165, 1.54) is 35.2 Å². The van der Waals surface area contributed by atoms with Crippen LogP contribution in [0.2, 0.25) is 10.0 Å². The molecule has 0 heterocycles. The second-order valence-electron chi connectivity index (χ2n) is 10.0. The molecule has 0 aromatic heterocycles. The summed E-state index contributed by atoms with van der Waals surface area (Å²) in [6.07, 6.45) is 0.230. The summed E-state index contributed by atoms with van der Waals surface area (Å²) in [6.45, 7) is 3.59. The maximum atomic E-state index is 14.4. The van der Waals surface area contributed by atoms with Crippen molar-refractivity contribution in [3.05, 3.63) is 130 Å². The zero-order valence-corrected chi connectivity index (χ0v) is 26.2. The van der Waals surface area contributed by atoms with Gasteiger partial charge in [0, 0.05) is 24.5 Å². The van der Waals surface area contributed by atoms with Crippen LogP contribution < -0.4 is 9.62 Å². The number of sulfonamides is 1. The van der Waals surface area contributed by atoms with E-state index in [9.17, 15) is 18.0 Å². The molecule has 1 N–H and O–H groups in total. The lowest BCUT2D eigenvalue weighted by Crippen LogP contribution is -2.53. The maximum absolute atomic E-state index is 14.4. The van der Waals surface area contributed by atoms with Crippen LogP contribution in [-0.2, 0) is 32.6 Å². The standard InChI is InChI=1S/C33H33Cl2N3O4S/c1-3-36-33(40)31(20-25-10-6-4-7-11-25)37(22-26-16-14-24(2)15-17-26)32(39)23-38(30-21-27(34)18-19-29(30)35)43(41,42)28-12-8-5-9-13-28/h4-19,21,31H,3,20,22-23H2,1-2H3,(H,36,40). The third kappa shape index (κ3) is 8.16. The topological polar surface area (TPSA) is 86.8 Å². The molecule has 0 saturated carbocycles. The first-order valence-electron chi connectivity index (χ1n) is 13.8. The van der Waals surface area contributed by atoms with Gasteiger partial charge in [-0.05, 0) is 55.3 Å². The van der Waals surface area contributed by atoms with E-state index in [0.29, 0.717) is 6.54 Å². The van der Waals surface area contributed by atoms with Crippen molar-refractivity contribution in [1.29, 1.82) is 0 Å². The summed E-state index contributed by atoms with van der Waals surface area (Å²) in [5, 5.41) is 3.20. The number of halogens is 2. The van der Waals surface area contributed by atoms with Crippen molar-refractivity contribution in [3.8, 4) is 0 Å². The summed E-state index contributed by atoms with van der Waals surface area (Å²) in [5.74, 6) is -0.923. The number of carbonyl (C=O) groups excluding carboxylic acids is 2. The summed E-state index contributed by atoms with van der Waals surface area (Å²) in [4.78, 5) is 29.3. The van der Waals surface area contributed by atoms with Gasteiger partial charge >= 0.3 is 0 Å². The molecule has 0 radical (unpaired) electrons. The first-order chi connectivity index (χ1) is 20.6. The summed E-state index contributed by atoms with van der Waals surface area (Å²) < 4.78 is 29.0. The molecule has 2 amide bonds. The minimum Gasteiger partial charge on any atom is -0.355 e. The van der Waals surface area contributed by atoms with Gasteiger partial charge in [-0.15, -0.1) is 0 Å². The molecule has 4 aromatic rings. The Morgan fingerprint density at radius 1 is 0.837 bits per heavy atom. The average Bonchev–Trinajstić information content (AvgIpc) is 3.01. The Kier molecular flexibility index (Phi) is 10.9. The van der Waals surface area contributed by atoms with E-state index >= 15 is 0 Å². The number of aryl methyl sites for hydroxylation is 1. The number of benzene rings is 4. The van der Waals surface area contributed by atoms with E-state index in [0.717, 1.165) is 21.0 Å². The molecule has 43 heavy (non-hydrogen) atoms. The number of anilines is 1. The third-order valence-corrected chi connectivity index (χ3v) is 9.21. The first-order valence-corrected chi connectivity index (χ1v) is 16.0. The molecular formula is C33H33Cl2N3O4S. The fraction of sp³-hybridized carbons (Fsp3) is 0.212. The van der Waals surface area contributed by atoms with E-state index in [2.05, 4.69) is 5.32 Å². The van der Waals surface area contributed by atoms with Crippen molar-refractivity contribution in [3.63, 3.8) is 0 Å². The zero-order valence-electron chi connectivity index (χ0n) is 23.9. The summed E-state index contributed by atoms with van der Waals surface area (Å²) in [7, 11) is -4.27. The fourth-order valence-corrected chi connectivity index (χ4v) is 6.53. The third-order valence-electron chi connectivity index (χ3n) is 6.88. The molecule has 1 unspecified atom stereocenters. The normalized spacial score (nSPS) is 11.9. The van der Waals surface area contributed by atoms with Crippen molar-refractivity contribution in [2.24, 2.45) is 0 Å². The number of rotatable bonds is 12. The van der Waals surface area contributed by atoms with E-state index in [-0.39, 0.29) is 39.5 Å². The molecule has 10 heteroatoms. The molecule has 0 aliphatic rings. The molecule has 0 spiro atoms. The van der Waals surface area contributed by atoms with Gasteiger partial charge < -0.3 is 10.2 Å². The molecule has 4 aromatic carbocycles. The van der Waals surface area contributed by atoms with E-state index < -0.39 is 28.5 Å². The summed E-state index contributed by atoms with van der Waals surface area (Å²) in [6, 6.07) is 28.3. The van der Waals surface area contributed by atoms with Gasteiger partial charge in [0.15, 0.2) is 0 Å². The summed E-state index contributed by atoms with van der Waals surface area (Å²) >= 11 is 12.8. The molecule has 4 rings (SSSR count). The number of carbonyl (C=O) groups is 2. The average molecular weight is 639 g/mol. The highest BCUT2D eigenvalue weighted by molar-refractivity contribution is 7.92. The predicted octanol–water partition coefficient (Wildman–Crippen LogP) is 6.27. The Hall–Kier alpha value is -3.85. The van der Waals surface area contributed by atoms with Gasteiger partial charge in [0.05, 0.1) is 15.6 Å². The van der Waals surface area contributed by atoms with Crippen LogP contribution in [0.15, 0.2) is 108 Å². The van der Waals surface area contributed by atoms with Crippen LogP contribution in [0.3, 0.4) is 0 Å². The fourth-order valence-electron chi connectivity index (χ4n) is 4.65. The van der Waals surface area contributed by atoms with E-state index in [1.807, 2.05) is 61.5 Å². The first kappa shape index (κ1) is 32.1. The van der Waals surface area contributed by atoms with Crippen LogP contribution in [0, 0.1) is 6.92 Å². The van der Waals surface area contributed by atoms with Gasteiger partial charge in [0.1, 0.15) is 12.6 Å². The van der Waals surface area contributed by atoms with Crippen LogP contribution in [0.5, 0.6) is 0 Å². The highest BCUT2D eigenvalue weighted by atomic mass is 35.5. The highest BCUT2D eigenvalue weighted by Crippen LogP contribution is 2.33. The molecule has 0 aliphatic heterocycles. The number of hydrogen-bond donors (Lipinski definition) is 1. The van der Waals surface area contributed by atoms with Crippen molar-refractivity contribution >= 4 is 50.7 Å². The maximum Gasteiger partial charge on any atom is 0.264 e. The highest BCUT2D eigenvalue weighted by Gasteiger charge is 2.35. The van der Waals surface area contributed by atoms with Gasteiger partial charge in [-0.3, -0.25) is 13.9 Å². The van der Waals surface area contributed by atoms with Crippen LogP contribution in [0.1, 0.15) is 23.6 Å². The minimum atomic E-state index is -4.27. The van der Waals surface area contributed by atoms with E-state index in [4.69, 9.17) is 23.2 Å². The molecule has 7 nitrogen and oxygen atoms in total. The molecule has 0 saturated heterocycles. The lowest BCUT2D eigenvalue weighted by molar-refractivity contribution is -0.140. The largest absolute Gasteiger partial charge is 0.355 e. The van der Waals surface area contributed by atoms with Crippen molar-refractivity contribution < 1.29 is 18.0 Å². The smallest absolute Gasteiger partial charge is 0.264 e. The number of nitrogens with zero attached hydrogens (tertiary/aromatic N) is 2. The molecule has 1 atom stereocenters. The molecule has 0 aliphatic carbocycles. The monoisotopic (exact) mass is 637 g/mol. The van der Waals surface area contributed by atoms with Gasteiger partial charge in [0.2, 0.25) is 11.8 Å². The van der Waals surface area contributed by atoms with E-state index in [1.54, 1.807) is 25.1 Å². The molecule has 0 bridgehead atoms.